The van der Waals surface area contributed by atoms with Crippen molar-refractivity contribution in [2.24, 2.45) is 0 Å². The van der Waals surface area contributed by atoms with Gasteiger partial charge in [0.1, 0.15) is 0 Å². The van der Waals surface area contributed by atoms with Crippen molar-refractivity contribution in [2.75, 3.05) is 11.1 Å². The Morgan fingerprint density at radius 3 is 2.62 bits per heavy atom. The van der Waals surface area contributed by atoms with E-state index in [4.69, 9.17) is 17.3 Å². The molecule has 0 bridgehead atoms. The van der Waals surface area contributed by atoms with Crippen molar-refractivity contribution in [2.45, 2.75) is 6.92 Å². The normalized spacial score (nSPS) is 10.6. The van der Waals surface area contributed by atoms with Crippen LogP contribution in [0, 0.1) is 6.92 Å². The number of aryl methyl sites for hydroxylation is 1. The molecule has 106 valence electrons. The minimum Gasteiger partial charge on any atom is -0.399 e. The number of rotatable bonds is 3. The lowest BCUT2D eigenvalue weighted by Crippen LogP contribution is -1.90. The lowest BCUT2D eigenvalue weighted by molar-refractivity contribution is 1.38. The highest BCUT2D eigenvalue weighted by atomic mass is 35.5. The number of nitrogens with two attached hydrogens (primary N) is 1. The summed E-state index contributed by atoms with van der Waals surface area (Å²) >= 11 is 7.68. The highest BCUT2D eigenvalue weighted by Crippen LogP contribution is 2.29. The molecule has 5 heteroatoms. The number of benzene rings is 2. The molecule has 1 aromatic heterocycles. The van der Waals surface area contributed by atoms with Crippen LogP contribution in [0.1, 0.15) is 5.56 Å². The zero-order valence-electron chi connectivity index (χ0n) is 11.4. The van der Waals surface area contributed by atoms with Crippen LogP contribution >= 0.6 is 22.9 Å². The molecule has 0 aliphatic heterocycles. The fourth-order valence-electron chi connectivity index (χ4n) is 1.91. The van der Waals surface area contributed by atoms with E-state index >= 15 is 0 Å². The minimum atomic E-state index is 0.746. The maximum absolute atomic E-state index is 6.13. The number of nitrogens with one attached hydrogen (secondary N) is 1. The predicted octanol–water partition coefficient (Wildman–Crippen LogP) is 5.10. The summed E-state index contributed by atoms with van der Waals surface area (Å²) in [6.07, 6.45) is 0. The molecule has 3 N–H and O–H groups in total. The van der Waals surface area contributed by atoms with Gasteiger partial charge in [0.2, 0.25) is 0 Å². The summed E-state index contributed by atoms with van der Waals surface area (Å²) in [5.41, 5.74) is 10.4. The number of nitrogen functional groups attached to an aromatic ring is 1. The van der Waals surface area contributed by atoms with Gasteiger partial charge in [-0.05, 0) is 36.8 Å². The SMILES string of the molecule is Cc1ccc(Nc2nc(-c3ccc(N)cc3)cs2)cc1Cl. The lowest BCUT2D eigenvalue weighted by Gasteiger charge is -2.04. The molecule has 0 saturated heterocycles. The quantitative estimate of drug-likeness (QED) is 0.661. The molecule has 3 rings (SSSR count). The third kappa shape index (κ3) is 3.17. The molecular weight excluding hydrogens is 302 g/mol. The van der Waals surface area contributed by atoms with Crippen LogP contribution < -0.4 is 11.1 Å². The summed E-state index contributed by atoms with van der Waals surface area (Å²) in [7, 11) is 0. The molecule has 21 heavy (non-hydrogen) atoms. The van der Waals surface area contributed by atoms with Gasteiger partial charge >= 0.3 is 0 Å². The Morgan fingerprint density at radius 1 is 1.14 bits per heavy atom. The van der Waals surface area contributed by atoms with Gasteiger partial charge in [-0.25, -0.2) is 4.98 Å². The molecule has 0 fully saturated rings. The van der Waals surface area contributed by atoms with Crippen molar-refractivity contribution >= 4 is 39.4 Å². The second-order valence-corrected chi connectivity index (χ2v) is 6.01. The molecule has 3 aromatic rings. The van der Waals surface area contributed by atoms with Crippen molar-refractivity contribution in [1.29, 1.82) is 0 Å². The van der Waals surface area contributed by atoms with Gasteiger partial charge in [0.25, 0.3) is 0 Å². The van der Waals surface area contributed by atoms with E-state index in [2.05, 4.69) is 10.3 Å². The zero-order valence-corrected chi connectivity index (χ0v) is 13.0. The smallest absolute Gasteiger partial charge is 0.187 e. The zero-order chi connectivity index (χ0) is 14.8. The highest BCUT2D eigenvalue weighted by molar-refractivity contribution is 7.14. The van der Waals surface area contributed by atoms with Gasteiger partial charge in [-0.1, -0.05) is 29.8 Å². The second-order valence-electron chi connectivity index (χ2n) is 4.75. The Bertz CT molecular complexity index is 765. The summed E-state index contributed by atoms with van der Waals surface area (Å²) in [4.78, 5) is 4.58. The lowest BCUT2D eigenvalue weighted by atomic mass is 10.1. The summed E-state index contributed by atoms with van der Waals surface area (Å²) in [5, 5.41) is 6.87. The van der Waals surface area contributed by atoms with Gasteiger partial charge in [0.05, 0.1) is 5.69 Å². The number of halogens is 1. The molecule has 0 aliphatic rings. The minimum absolute atomic E-state index is 0.746. The van der Waals surface area contributed by atoms with Gasteiger partial charge in [-0.2, -0.15) is 0 Å². The Kier molecular flexibility index (Phi) is 3.82. The Hall–Kier alpha value is -2.04. The van der Waals surface area contributed by atoms with E-state index in [9.17, 15) is 0 Å². The summed E-state index contributed by atoms with van der Waals surface area (Å²) in [6, 6.07) is 13.6. The van der Waals surface area contributed by atoms with Crippen LogP contribution in [0.15, 0.2) is 47.8 Å². The fraction of sp³-hybridized carbons (Fsp3) is 0.0625. The third-order valence-corrected chi connectivity index (χ3v) is 4.30. The van der Waals surface area contributed by atoms with Gasteiger partial charge in [-0.3, -0.25) is 0 Å². The van der Waals surface area contributed by atoms with Gasteiger partial charge in [0.15, 0.2) is 5.13 Å². The molecule has 1 heterocycles. The monoisotopic (exact) mass is 315 g/mol. The van der Waals surface area contributed by atoms with E-state index < -0.39 is 0 Å². The van der Waals surface area contributed by atoms with Gasteiger partial charge in [-0.15, -0.1) is 11.3 Å². The van der Waals surface area contributed by atoms with Crippen LogP contribution in [0.2, 0.25) is 5.02 Å². The summed E-state index contributed by atoms with van der Waals surface area (Å²) < 4.78 is 0. The maximum Gasteiger partial charge on any atom is 0.187 e. The maximum atomic E-state index is 6.13. The first-order valence-corrected chi connectivity index (χ1v) is 7.72. The van der Waals surface area contributed by atoms with E-state index in [1.807, 2.05) is 54.8 Å². The Labute approximate surface area is 132 Å². The fourth-order valence-corrected chi connectivity index (χ4v) is 2.83. The van der Waals surface area contributed by atoms with Crippen LogP contribution in [0.5, 0.6) is 0 Å². The highest BCUT2D eigenvalue weighted by Gasteiger charge is 2.05. The van der Waals surface area contributed by atoms with Crippen LogP contribution in [0.4, 0.5) is 16.5 Å². The number of thiazole rings is 1. The standard InChI is InChI=1S/C16H14ClN3S/c1-10-2-7-13(8-14(10)17)19-16-20-15(9-21-16)11-3-5-12(18)6-4-11/h2-9H,18H2,1H3,(H,19,20). The molecule has 0 radical (unpaired) electrons. The van der Waals surface area contributed by atoms with E-state index in [-0.39, 0.29) is 0 Å². The van der Waals surface area contributed by atoms with Crippen LogP contribution in [-0.4, -0.2) is 4.98 Å². The number of nitrogens with zero attached hydrogens (tertiary/aromatic N) is 1. The van der Waals surface area contributed by atoms with Crippen molar-refractivity contribution in [3.8, 4) is 11.3 Å². The molecule has 0 amide bonds. The van der Waals surface area contributed by atoms with E-state index in [1.54, 1.807) is 11.3 Å². The van der Waals surface area contributed by atoms with E-state index in [0.29, 0.717) is 0 Å². The summed E-state index contributed by atoms with van der Waals surface area (Å²) in [6.45, 7) is 1.98. The second kappa shape index (κ2) is 5.76. The number of hydrogen-bond donors (Lipinski definition) is 2. The first-order valence-electron chi connectivity index (χ1n) is 6.46. The average Bonchev–Trinajstić information content (AvgIpc) is 2.92. The molecule has 0 spiro atoms. The number of anilines is 3. The largest absolute Gasteiger partial charge is 0.399 e. The van der Waals surface area contributed by atoms with Gasteiger partial charge in [0, 0.05) is 27.3 Å². The summed E-state index contributed by atoms with van der Waals surface area (Å²) in [5.74, 6) is 0. The Balaban J connectivity index is 1.81. The molecule has 0 atom stereocenters. The van der Waals surface area contributed by atoms with E-state index in [1.165, 1.54) is 0 Å². The first kappa shape index (κ1) is 13.9. The number of aromatic nitrogens is 1. The van der Waals surface area contributed by atoms with Crippen LogP contribution in [0.3, 0.4) is 0 Å². The topological polar surface area (TPSA) is 50.9 Å². The molecule has 0 saturated carbocycles. The molecule has 3 nitrogen and oxygen atoms in total. The van der Waals surface area contributed by atoms with Crippen molar-refractivity contribution in [3.63, 3.8) is 0 Å². The van der Waals surface area contributed by atoms with E-state index in [0.717, 1.165) is 38.3 Å². The average molecular weight is 316 g/mol. The van der Waals surface area contributed by atoms with Gasteiger partial charge < -0.3 is 11.1 Å². The third-order valence-electron chi connectivity index (χ3n) is 3.13. The van der Waals surface area contributed by atoms with Crippen molar-refractivity contribution in [1.82, 2.24) is 4.98 Å². The first-order chi connectivity index (χ1) is 10.1. The molecular formula is C16H14ClN3S. The molecule has 2 aromatic carbocycles. The van der Waals surface area contributed by atoms with Crippen molar-refractivity contribution in [3.05, 3.63) is 58.4 Å². The van der Waals surface area contributed by atoms with Crippen LogP contribution in [-0.2, 0) is 0 Å². The number of hydrogen-bond acceptors (Lipinski definition) is 4. The molecule has 0 aliphatic carbocycles. The Morgan fingerprint density at radius 2 is 1.90 bits per heavy atom. The predicted molar refractivity (Wildman–Crippen MR) is 91.4 cm³/mol. The van der Waals surface area contributed by atoms with Crippen LogP contribution in [0.25, 0.3) is 11.3 Å². The van der Waals surface area contributed by atoms with Crippen molar-refractivity contribution < 1.29 is 0 Å². The molecule has 0 unspecified atom stereocenters.